The average Bonchev–Trinajstić information content (AvgIpc) is 3.16. The lowest BCUT2D eigenvalue weighted by atomic mass is 9.81. The fraction of sp³-hybridized carbons (Fsp3) is 0.571. The molecule has 0 radical (unpaired) electrons. The van der Waals surface area contributed by atoms with E-state index < -0.39 is 0 Å². The van der Waals surface area contributed by atoms with E-state index in [-0.39, 0.29) is 5.41 Å². The molecule has 1 saturated heterocycles. The van der Waals surface area contributed by atoms with Crippen LogP contribution in [0.2, 0.25) is 0 Å². The number of nitrogens with two attached hydrogens (primary N) is 1. The lowest BCUT2D eigenvalue weighted by Crippen LogP contribution is -2.42. The number of nitrogens with zero attached hydrogens (tertiary/aromatic N) is 3. The molecule has 3 N–H and O–H groups in total. The largest absolute Gasteiger partial charge is 0.495 e. The Hall–Kier alpha value is -1.60. The van der Waals surface area contributed by atoms with E-state index in [1.165, 1.54) is 0 Å². The lowest BCUT2D eigenvalue weighted by Gasteiger charge is -2.38. The van der Waals surface area contributed by atoms with Gasteiger partial charge in [-0.05, 0) is 36.2 Å². The molecule has 0 bridgehead atoms. The summed E-state index contributed by atoms with van der Waals surface area (Å²) in [6, 6.07) is 1.94. The van der Waals surface area contributed by atoms with Crippen molar-refractivity contribution in [2.45, 2.75) is 19.8 Å². The highest BCUT2D eigenvalue weighted by Gasteiger charge is 2.30. The summed E-state index contributed by atoms with van der Waals surface area (Å²) in [6.07, 6.45) is 2.16. The molecule has 3 rings (SSSR count). The quantitative estimate of drug-likeness (QED) is 0.904. The van der Waals surface area contributed by atoms with Crippen LogP contribution in [0.25, 0.3) is 10.7 Å². The number of thiophene rings is 1. The summed E-state index contributed by atoms with van der Waals surface area (Å²) < 4.78 is 5.33. The van der Waals surface area contributed by atoms with Crippen LogP contribution in [0.1, 0.15) is 19.8 Å². The van der Waals surface area contributed by atoms with Crippen molar-refractivity contribution in [1.82, 2.24) is 15.2 Å². The summed E-state index contributed by atoms with van der Waals surface area (Å²) in [5.74, 6) is 2.36. The molecule has 0 amide bonds. The monoisotopic (exact) mass is 307 g/mol. The first-order chi connectivity index (χ1) is 10.1. The van der Waals surface area contributed by atoms with Gasteiger partial charge in [0.05, 0.1) is 7.11 Å². The minimum Gasteiger partial charge on any atom is -0.495 e. The van der Waals surface area contributed by atoms with E-state index in [1.54, 1.807) is 18.4 Å². The summed E-state index contributed by atoms with van der Waals surface area (Å²) in [5, 5.41) is 9.36. The van der Waals surface area contributed by atoms with E-state index in [0.29, 0.717) is 0 Å². The van der Waals surface area contributed by atoms with Crippen molar-refractivity contribution < 1.29 is 4.74 Å². The SMILES string of the molecule is COc1ccsc1-c1nc(N2CCC(C)(CN)CC2)n[nH]1. The molecule has 6 nitrogen and oxygen atoms in total. The third-order valence-electron chi connectivity index (χ3n) is 4.28. The third-order valence-corrected chi connectivity index (χ3v) is 5.19. The molecule has 0 unspecified atom stereocenters. The van der Waals surface area contributed by atoms with Gasteiger partial charge in [0, 0.05) is 13.1 Å². The molecular weight excluding hydrogens is 286 g/mol. The van der Waals surface area contributed by atoms with Crippen molar-refractivity contribution in [3.05, 3.63) is 11.4 Å². The van der Waals surface area contributed by atoms with E-state index in [2.05, 4.69) is 27.0 Å². The van der Waals surface area contributed by atoms with E-state index in [0.717, 1.165) is 54.9 Å². The highest BCUT2D eigenvalue weighted by Crippen LogP contribution is 2.35. The number of anilines is 1. The third kappa shape index (κ3) is 2.75. The summed E-state index contributed by atoms with van der Waals surface area (Å²) in [5.41, 5.74) is 6.11. The Balaban J connectivity index is 1.74. The fourth-order valence-electron chi connectivity index (χ4n) is 2.58. The Morgan fingerprint density at radius 3 is 2.90 bits per heavy atom. The maximum Gasteiger partial charge on any atom is 0.245 e. The maximum atomic E-state index is 5.85. The van der Waals surface area contributed by atoms with Crippen molar-refractivity contribution in [3.8, 4) is 16.5 Å². The second-order valence-corrected chi connectivity index (χ2v) is 6.72. The number of hydrogen-bond donors (Lipinski definition) is 2. The van der Waals surface area contributed by atoms with Crippen LogP contribution in [-0.2, 0) is 0 Å². The summed E-state index contributed by atoms with van der Waals surface area (Å²) in [4.78, 5) is 7.82. The zero-order chi connectivity index (χ0) is 14.9. The fourth-order valence-corrected chi connectivity index (χ4v) is 3.38. The van der Waals surface area contributed by atoms with Crippen LogP contribution in [0.15, 0.2) is 11.4 Å². The standard InChI is InChI=1S/C14H21N5OS/c1-14(9-15)4-6-19(7-5-14)13-16-12(17-18-13)11-10(20-2)3-8-21-11/h3,8H,4-7,9,15H2,1-2H3,(H,16,17,18). The van der Waals surface area contributed by atoms with Crippen LogP contribution >= 0.6 is 11.3 Å². The minimum absolute atomic E-state index is 0.257. The Morgan fingerprint density at radius 1 is 1.48 bits per heavy atom. The zero-order valence-electron chi connectivity index (χ0n) is 12.4. The van der Waals surface area contributed by atoms with Gasteiger partial charge in [-0.15, -0.1) is 16.4 Å². The number of aromatic amines is 1. The number of piperidine rings is 1. The summed E-state index contributed by atoms with van der Waals surface area (Å²) in [7, 11) is 1.67. The number of hydrogen-bond acceptors (Lipinski definition) is 6. The van der Waals surface area contributed by atoms with Crippen molar-refractivity contribution in [3.63, 3.8) is 0 Å². The molecule has 0 spiro atoms. The van der Waals surface area contributed by atoms with Gasteiger partial charge in [0.2, 0.25) is 5.95 Å². The van der Waals surface area contributed by atoms with Crippen LogP contribution in [0.4, 0.5) is 5.95 Å². The molecule has 2 aromatic heterocycles. The molecule has 2 aromatic rings. The van der Waals surface area contributed by atoms with Gasteiger partial charge >= 0.3 is 0 Å². The van der Waals surface area contributed by atoms with Gasteiger partial charge in [-0.1, -0.05) is 6.92 Å². The molecule has 114 valence electrons. The first-order valence-electron chi connectivity index (χ1n) is 7.14. The number of ether oxygens (including phenoxy) is 1. The topological polar surface area (TPSA) is 80.1 Å². The number of rotatable bonds is 4. The summed E-state index contributed by atoms with van der Waals surface area (Å²) >= 11 is 1.60. The van der Waals surface area contributed by atoms with Crippen LogP contribution in [0, 0.1) is 5.41 Å². The molecule has 3 heterocycles. The minimum atomic E-state index is 0.257. The maximum absolute atomic E-state index is 5.85. The van der Waals surface area contributed by atoms with Crippen LogP contribution in [0.3, 0.4) is 0 Å². The molecule has 21 heavy (non-hydrogen) atoms. The highest BCUT2D eigenvalue weighted by molar-refractivity contribution is 7.13. The first kappa shape index (κ1) is 14.3. The molecule has 0 atom stereocenters. The van der Waals surface area contributed by atoms with Gasteiger partial charge in [-0.2, -0.15) is 4.98 Å². The predicted octanol–water partition coefficient (Wildman–Crippen LogP) is 2.11. The predicted molar refractivity (Wildman–Crippen MR) is 84.9 cm³/mol. The number of methoxy groups -OCH3 is 1. The second kappa shape index (κ2) is 5.65. The normalized spacial score (nSPS) is 18.0. The molecule has 0 aliphatic carbocycles. The van der Waals surface area contributed by atoms with E-state index >= 15 is 0 Å². The lowest BCUT2D eigenvalue weighted by molar-refractivity contribution is 0.257. The van der Waals surface area contributed by atoms with Crippen molar-refractivity contribution >= 4 is 17.3 Å². The number of nitrogens with one attached hydrogen (secondary N) is 1. The van der Waals surface area contributed by atoms with E-state index in [4.69, 9.17) is 10.5 Å². The van der Waals surface area contributed by atoms with E-state index in [9.17, 15) is 0 Å². The first-order valence-corrected chi connectivity index (χ1v) is 8.02. The van der Waals surface area contributed by atoms with Crippen molar-refractivity contribution in [1.29, 1.82) is 0 Å². The summed E-state index contributed by atoms with van der Waals surface area (Å²) in [6.45, 7) is 4.90. The van der Waals surface area contributed by atoms with Crippen LogP contribution in [-0.4, -0.2) is 41.9 Å². The molecular formula is C14H21N5OS. The van der Waals surface area contributed by atoms with Crippen LogP contribution < -0.4 is 15.4 Å². The molecule has 7 heteroatoms. The molecule has 1 fully saturated rings. The van der Waals surface area contributed by atoms with Gasteiger partial charge in [0.25, 0.3) is 0 Å². The van der Waals surface area contributed by atoms with Gasteiger partial charge in [-0.25, -0.2) is 0 Å². The van der Waals surface area contributed by atoms with Crippen molar-refractivity contribution in [2.24, 2.45) is 11.1 Å². The number of aromatic nitrogens is 3. The smallest absolute Gasteiger partial charge is 0.245 e. The van der Waals surface area contributed by atoms with Gasteiger partial charge in [0.15, 0.2) is 5.82 Å². The van der Waals surface area contributed by atoms with Crippen molar-refractivity contribution in [2.75, 3.05) is 31.6 Å². The van der Waals surface area contributed by atoms with E-state index in [1.807, 2.05) is 11.4 Å². The Kier molecular flexibility index (Phi) is 3.86. The highest BCUT2D eigenvalue weighted by atomic mass is 32.1. The Morgan fingerprint density at radius 2 is 2.24 bits per heavy atom. The second-order valence-electron chi connectivity index (χ2n) is 5.80. The zero-order valence-corrected chi connectivity index (χ0v) is 13.2. The molecule has 0 aromatic carbocycles. The molecule has 1 aliphatic rings. The Labute approximate surface area is 128 Å². The Bertz CT molecular complexity index is 600. The van der Waals surface area contributed by atoms with Crippen LogP contribution in [0.5, 0.6) is 5.75 Å². The average molecular weight is 307 g/mol. The van der Waals surface area contributed by atoms with Gasteiger partial charge in [-0.3, -0.25) is 5.10 Å². The van der Waals surface area contributed by atoms with Gasteiger partial charge < -0.3 is 15.4 Å². The molecule has 1 aliphatic heterocycles. The number of H-pyrrole nitrogens is 1. The molecule has 0 saturated carbocycles. The van der Waals surface area contributed by atoms with Gasteiger partial charge in [0.1, 0.15) is 10.6 Å².